The molecule has 0 radical (unpaired) electrons. The summed E-state index contributed by atoms with van der Waals surface area (Å²) in [6.07, 6.45) is 7.93. The molecule has 1 unspecified atom stereocenters. The van der Waals surface area contributed by atoms with Crippen LogP contribution in [0.2, 0.25) is 0 Å². The SMILES string of the molecule is CCC1(C)CN(c2ccc(OC3CC3)c(C3CCC3)c2)c2ccccc2N1. The first-order valence-electron chi connectivity index (χ1n) is 10.6. The lowest BCUT2D eigenvalue weighted by molar-refractivity contribution is 0.291. The van der Waals surface area contributed by atoms with Crippen LogP contribution in [0.15, 0.2) is 42.5 Å². The molecule has 0 amide bonds. The summed E-state index contributed by atoms with van der Waals surface area (Å²) in [7, 11) is 0. The fraction of sp³-hybridized carbons (Fsp3) is 0.500. The lowest BCUT2D eigenvalue weighted by Gasteiger charge is -2.44. The van der Waals surface area contributed by atoms with Crippen molar-refractivity contribution in [3.05, 3.63) is 48.0 Å². The third-order valence-corrected chi connectivity index (χ3v) is 6.59. The molecule has 3 aliphatic rings. The maximum absolute atomic E-state index is 6.26. The van der Waals surface area contributed by atoms with Gasteiger partial charge in [-0.25, -0.2) is 0 Å². The van der Waals surface area contributed by atoms with E-state index < -0.39 is 0 Å². The molecule has 0 saturated heterocycles. The van der Waals surface area contributed by atoms with Crippen LogP contribution in [0.3, 0.4) is 0 Å². The van der Waals surface area contributed by atoms with Crippen LogP contribution in [0, 0.1) is 0 Å². The number of nitrogens with one attached hydrogen (secondary N) is 1. The maximum atomic E-state index is 6.26. The molecule has 0 spiro atoms. The quantitative estimate of drug-likeness (QED) is 0.682. The van der Waals surface area contributed by atoms with Gasteiger partial charge >= 0.3 is 0 Å². The Hall–Kier alpha value is -2.16. The second-order valence-electron chi connectivity index (χ2n) is 8.81. The van der Waals surface area contributed by atoms with Gasteiger partial charge < -0.3 is 15.0 Å². The van der Waals surface area contributed by atoms with E-state index in [0.717, 1.165) is 18.7 Å². The molecule has 27 heavy (non-hydrogen) atoms. The van der Waals surface area contributed by atoms with E-state index in [1.54, 1.807) is 0 Å². The minimum absolute atomic E-state index is 0.0775. The van der Waals surface area contributed by atoms with Crippen LogP contribution >= 0.6 is 0 Å². The van der Waals surface area contributed by atoms with Gasteiger partial charge in [-0.2, -0.15) is 0 Å². The summed E-state index contributed by atoms with van der Waals surface area (Å²) in [5.41, 5.74) is 5.32. The van der Waals surface area contributed by atoms with Gasteiger partial charge in [0.1, 0.15) is 5.75 Å². The van der Waals surface area contributed by atoms with Gasteiger partial charge in [0.05, 0.1) is 23.0 Å². The first-order chi connectivity index (χ1) is 13.1. The Morgan fingerprint density at radius 2 is 1.93 bits per heavy atom. The van der Waals surface area contributed by atoms with Crippen molar-refractivity contribution in [1.82, 2.24) is 0 Å². The third kappa shape index (κ3) is 3.18. The van der Waals surface area contributed by atoms with Crippen LogP contribution in [0.25, 0.3) is 0 Å². The van der Waals surface area contributed by atoms with Crippen molar-refractivity contribution >= 4 is 17.1 Å². The van der Waals surface area contributed by atoms with E-state index in [1.165, 1.54) is 54.7 Å². The molecular weight excluding hydrogens is 332 g/mol. The van der Waals surface area contributed by atoms with Crippen molar-refractivity contribution in [3.8, 4) is 5.75 Å². The summed E-state index contributed by atoms with van der Waals surface area (Å²) in [5, 5.41) is 3.76. The highest BCUT2D eigenvalue weighted by Gasteiger charge is 2.34. The zero-order valence-corrected chi connectivity index (χ0v) is 16.5. The van der Waals surface area contributed by atoms with Crippen LogP contribution in [0.5, 0.6) is 5.75 Å². The Bertz CT molecular complexity index is 840. The number of benzene rings is 2. The number of anilines is 3. The fourth-order valence-corrected chi connectivity index (χ4v) is 4.26. The maximum Gasteiger partial charge on any atom is 0.123 e. The Morgan fingerprint density at radius 3 is 2.63 bits per heavy atom. The summed E-state index contributed by atoms with van der Waals surface area (Å²) in [5.74, 6) is 1.81. The molecule has 142 valence electrons. The largest absolute Gasteiger partial charge is 0.490 e. The van der Waals surface area contributed by atoms with Gasteiger partial charge in [-0.15, -0.1) is 0 Å². The summed E-state index contributed by atoms with van der Waals surface area (Å²) in [6, 6.07) is 15.6. The molecule has 2 saturated carbocycles. The summed E-state index contributed by atoms with van der Waals surface area (Å²) < 4.78 is 6.26. The van der Waals surface area contributed by atoms with Gasteiger partial charge in [-0.05, 0) is 80.8 Å². The number of fused-ring (bicyclic) bond motifs is 1. The smallest absolute Gasteiger partial charge is 0.123 e. The van der Waals surface area contributed by atoms with Crippen LogP contribution in [-0.4, -0.2) is 18.2 Å². The lowest BCUT2D eigenvalue weighted by Crippen LogP contribution is -2.48. The summed E-state index contributed by atoms with van der Waals surface area (Å²) in [6.45, 7) is 5.58. The minimum Gasteiger partial charge on any atom is -0.490 e. The number of hydrogen-bond acceptors (Lipinski definition) is 3. The van der Waals surface area contributed by atoms with E-state index in [-0.39, 0.29) is 5.54 Å². The van der Waals surface area contributed by atoms with Gasteiger partial charge in [0.2, 0.25) is 0 Å². The highest BCUT2D eigenvalue weighted by molar-refractivity contribution is 5.80. The molecule has 2 aliphatic carbocycles. The van der Waals surface area contributed by atoms with Gasteiger partial charge in [0, 0.05) is 12.2 Å². The summed E-state index contributed by atoms with van der Waals surface area (Å²) >= 11 is 0. The van der Waals surface area contributed by atoms with Crippen molar-refractivity contribution in [2.75, 3.05) is 16.8 Å². The number of nitrogens with zero attached hydrogens (tertiary/aromatic N) is 1. The molecule has 1 atom stereocenters. The zero-order valence-electron chi connectivity index (χ0n) is 16.5. The van der Waals surface area contributed by atoms with E-state index in [0.29, 0.717) is 12.0 Å². The van der Waals surface area contributed by atoms with Crippen molar-refractivity contribution in [2.45, 2.75) is 69.9 Å². The van der Waals surface area contributed by atoms with Crippen LogP contribution in [0.1, 0.15) is 63.9 Å². The molecule has 3 nitrogen and oxygen atoms in total. The first-order valence-corrected chi connectivity index (χ1v) is 10.6. The van der Waals surface area contributed by atoms with Crippen molar-refractivity contribution in [1.29, 1.82) is 0 Å². The molecule has 1 heterocycles. The Balaban J connectivity index is 1.55. The Labute approximate surface area is 162 Å². The van der Waals surface area contributed by atoms with E-state index >= 15 is 0 Å². The van der Waals surface area contributed by atoms with E-state index in [1.807, 2.05) is 0 Å². The molecule has 1 N–H and O–H groups in total. The second-order valence-corrected chi connectivity index (χ2v) is 8.81. The van der Waals surface area contributed by atoms with E-state index in [4.69, 9.17) is 4.74 Å². The molecule has 0 aromatic heterocycles. The van der Waals surface area contributed by atoms with Crippen molar-refractivity contribution in [3.63, 3.8) is 0 Å². The highest BCUT2D eigenvalue weighted by Crippen LogP contribution is 2.46. The second kappa shape index (κ2) is 6.47. The van der Waals surface area contributed by atoms with Crippen LogP contribution in [0.4, 0.5) is 17.1 Å². The van der Waals surface area contributed by atoms with Crippen molar-refractivity contribution in [2.24, 2.45) is 0 Å². The normalized spacial score (nSPS) is 24.7. The molecule has 1 aliphatic heterocycles. The third-order valence-electron chi connectivity index (χ3n) is 6.59. The Kier molecular flexibility index (Phi) is 4.07. The molecule has 0 bridgehead atoms. The molecule has 3 heteroatoms. The standard InChI is InChI=1S/C24H30N2O/c1-3-24(2)16-26(22-10-5-4-9-21(22)25-24)18-11-14-23(27-19-12-13-19)20(15-18)17-7-6-8-17/h4-5,9-11,14-15,17,19,25H,3,6-8,12-13,16H2,1-2H3. The van der Waals surface area contributed by atoms with Gasteiger partial charge in [-0.3, -0.25) is 0 Å². The molecule has 2 aromatic carbocycles. The van der Waals surface area contributed by atoms with Crippen LogP contribution < -0.4 is 15.0 Å². The Morgan fingerprint density at radius 1 is 1.11 bits per heavy atom. The number of hydrogen-bond donors (Lipinski definition) is 1. The van der Waals surface area contributed by atoms with Crippen LogP contribution in [-0.2, 0) is 0 Å². The molecule has 5 rings (SSSR count). The number of para-hydroxylation sites is 2. The van der Waals surface area contributed by atoms with E-state index in [2.05, 4.69) is 66.5 Å². The molecular formula is C24H30N2O. The number of ether oxygens (including phenoxy) is 1. The number of rotatable bonds is 5. The first kappa shape index (κ1) is 17.0. The van der Waals surface area contributed by atoms with E-state index in [9.17, 15) is 0 Å². The van der Waals surface area contributed by atoms with Gasteiger partial charge in [0.15, 0.2) is 0 Å². The molecule has 2 fully saturated rings. The van der Waals surface area contributed by atoms with Gasteiger partial charge in [-0.1, -0.05) is 25.5 Å². The average molecular weight is 363 g/mol. The monoisotopic (exact) mass is 362 g/mol. The van der Waals surface area contributed by atoms with Gasteiger partial charge in [0.25, 0.3) is 0 Å². The molecule has 2 aromatic rings. The minimum atomic E-state index is 0.0775. The zero-order chi connectivity index (χ0) is 18.4. The predicted molar refractivity (Wildman–Crippen MR) is 112 cm³/mol. The topological polar surface area (TPSA) is 24.5 Å². The lowest BCUT2D eigenvalue weighted by atomic mass is 9.79. The fourth-order valence-electron chi connectivity index (χ4n) is 4.26. The van der Waals surface area contributed by atoms with Crippen molar-refractivity contribution < 1.29 is 4.74 Å². The highest BCUT2D eigenvalue weighted by atomic mass is 16.5. The average Bonchev–Trinajstić information content (AvgIpc) is 3.45. The summed E-state index contributed by atoms with van der Waals surface area (Å²) in [4.78, 5) is 2.50. The predicted octanol–water partition coefficient (Wildman–Crippen LogP) is 6.23.